The number of nitrogens with zero attached hydrogens (tertiary/aromatic N) is 2. The monoisotopic (exact) mass is 355 g/mol. The number of aromatic nitrogens is 2. The average molecular weight is 355 g/mol. The van der Waals surface area contributed by atoms with Gasteiger partial charge >= 0.3 is 0 Å². The highest BCUT2D eigenvalue weighted by molar-refractivity contribution is 7.15. The number of hydrogen-bond acceptors (Lipinski definition) is 5. The molecule has 6 heteroatoms. The van der Waals surface area contributed by atoms with Gasteiger partial charge in [-0.3, -0.25) is 10.1 Å². The molecule has 1 aliphatic carbocycles. The number of carbonyl (C=O) groups excluding carboxylic acids is 1. The second kappa shape index (κ2) is 6.11. The van der Waals surface area contributed by atoms with Crippen molar-refractivity contribution in [3.63, 3.8) is 0 Å². The molecule has 0 aliphatic heterocycles. The quantitative estimate of drug-likeness (QED) is 0.745. The molecule has 2 heterocycles. The van der Waals surface area contributed by atoms with Gasteiger partial charge < -0.3 is 0 Å². The molecule has 0 saturated carbocycles. The van der Waals surface area contributed by atoms with Crippen molar-refractivity contribution in [1.29, 1.82) is 0 Å². The van der Waals surface area contributed by atoms with E-state index >= 15 is 0 Å². The van der Waals surface area contributed by atoms with Crippen LogP contribution < -0.4 is 5.32 Å². The Morgan fingerprint density at radius 1 is 1.17 bits per heavy atom. The molecule has 1 N–H and O–H groups in total. The fraction of sp³-hybridized carbons (Fsp3) is 0.278. The van der Waals surface area contributed by atoms with E-state index in [-0.39, 0.29) is 5.91 Å². The molecule has 0 unspecified atom stereocenters. The summed E-state index contributed by atoms with van der Waals surface area (Å²) in [4.78, 5) is 21.9. The van der Waals surface area contributed by atoms with Crippen LogP contribution in [0.1, 0.15) is 37.9 Å². The first kappa shape index (κ1) is 15.5. The average Bonchev–Trinajstić information content (AvgIpc) is 3.26. The minimum absolute atomic E-state index is 0.132. The van der Waals surface area contributed by atoms with Crippen LogP contribution in [0, 0.1) is 13.8 Å². The van der Waals surface area contributed by atoms with Gasteiger partial charge in [-0.15, -0.1) is 22.7 Å². The number of carbonyl (C=O) groups is 1. The SMILES string of the molecule is Cc1nc(C)c(C(=O)Nc2nc(-c3ccc4c(c3)CCC4)cs2)s1. The number of amides is 1. The van der Waals surface area contributed by atoms with Gasteiger partial charge in [0.15, 0.2) is 5.13 Å². The van der Waals surface area contributed by atoms with E-state index in [0.29, 0.717) is 10.0 Å². The van der Waals surface area contributed by atoms with Crippen molar-refractivity contribution in [2.75, 3.05) is 5.32 Å². The van der Waals surface area contributed by atoms with Crippen molar-refractivity contribution in [2.45, 2.75) is 33.1 Å². The third-order valence-electron chi connectivity index (χ3n) is 4.23. The van der Waals surface area contributed by atoms with Crippen molar-refractivity contribution in [3.8, 4) is 11.3 Å². The molecular weight excluding hydrogens is 338 g/mol. The van der Waals surface area contributed by atoms with Crippen LogP contribution in [0.4, 0.5) is 5.13 Å². The zero-order valence-electron chi connectivity index (χ0n) is 13.5. The lowest BCUT2D eigenvalue weighted by atomic mass is 10.1. The minimum Gasteiger partial charge on any atom is -0.297 e. The van der Waals surface area contributed by atoms with Crippen LogP contribution in [0.5, 0.6) is 0 Å². The van der Waals surface area contributed by atoms with Gasteiger partial charge in [0.05, 0.1) is 16.4 Å². The molecule has 3 aromatic rings. The molecule has 0 saturated heterocycles. The number of thiazole rings is 2. The lowest BCUT2D eigenvalue weighted by Crippen LogP contribution is -2.11. The molecule has 1 aromatic carbocycles. The summed E-state index contributed by atoms with van der Waals surface area (Å²) in [5.41, 5.74) is 5.70. The topological polar surface area (TPSA) is 54.9 Å². The van der Waals surface area contributed by atoms with E-state index in [9.17, 15) is 4.79 Å². The summed E-state index contributed by atoms with van der Waals surface area (Å²) in [5, 5.41) is 6.42. The Kier molecular flexibility index (Phi) is 3.94. The highest BCUT2D eigenvalue weighted by Crippen LogP contribution is 2.30. The number of rotatable bonds is 3. The van der Waals surface area contributed by atoms with Crippen LogP contribution in [0.2, 0.25) is 0 Å². The van der Waals surface area contributed by atoms with E-state index in [4.69, 9.17) is 0 Å². The summed E-state index contributed by atoms with van der Waals surface area (Å²) >= 11 is 2.87. The molecule has 2 aromatic heterocycles. The lowest BCUT2D eigenvalue weighted by molar-refractivity contribution is 0.103. The van der Waals surface area contributed by atoms with Crippen LogP contribution >= 0.6 is 22.7 Å². The van der Waals surface area contributed by atoms with E-state index in [1.54, 1.807) is 0 Å². The molecule has 0 spiro atoms. The number of anilines is 1. The Morgan fingerprint density at radius 3 is 2.79 bits per heavy atom. The van der Waals surface area contributed by atoms with Gasteiger partial charge in [-0.05, 0) is 50.3 Å². The number of aryl methyl sites for hydroxylation is 4. The second-order valence-electron chi connectivity index (χ2n) is 5.98. The van der Waals surface area contributed by atoms with Gasteiger partial charge in [0.1, 0.15) is 4.88 Å². The molecule has 4 nitrogen and oxygen atoms in total. The first-order chi connectivity index (χ1) is 11.6. The maximum Gasteiger partial charge on any atom is 0.269 e. The van der Waals surface area contributed by atoms with Crippen LogP contribution in [0.15, 0.2) is 23.6 Å². The summed E-state index contributed by atoms with van der Waals surface area (Å²) in [6.07, 6.45) is 3.58. The smallest absolute Gasteiger partial charge is 0.269 e. The van der Waals surface area contributed by atoms with Gasteiger partial charge in [0.25, 0.3) is 5.91 Å². The standard InChI is InChI=1S/C18H17N3OS2/c1-10-16(24-11(2)19-10)17(22)21-18-20-15(9-23-18)14-7-6-12-4-3-5-13(12)8-14/h6-9H,3-5H2,1-2H3,(H,20,21,22). The van der Waals surface area contributed by atoms with Crippen molar-refractivity contribution in [2.24, 2.45) is 0 Å². The predicted molar refractivity (Wildman–Crippen MR) is 99.1 cm³/mol. The minimum atomic E-state index is -0.132. The molecule has 4 rings (SSSR count). The number of nitrogens with one attached hydrogen (secondary N) is 1. The summed E-state index contributed by atoms with van der Waals surface area (Å²) in [5.74, 6) is -0.132. The number of benzene rings is 1. The predicted octanol–water partition coefficient (Wildman–Crippen LogP) is 4.62. The zero-order chi connectivity index (χ0) is 16.7. The van der Waals surface area contributed by atoms with Gasteiger partial charge in [0, 0.05) is 10.9 Å². The zero-order valence-corrected chi connectivity index (χ0v) is 15.2. The van der Waals surface area contributed by atoms with E-state index in [1.165, 1.54) is 46.6 Å². The molecule has 0 bridgehead atoms. The van der Waals surface area contributed by atoms with Crippen LogP contribution in [0.3, 0.4) is 0 Å². The maximum atomic E-state index is 12.4. The fourth-order valence-corrected chi connectivity index (χ4v) is 4.62. The normalized spacial score (nSPS) is 13.1. The van der Waals surface area contributed by atoms with E-state index in [2.05, 4.69) is 33.5 Å². The van der Waals surface area contributed by atoms with Crippen molar-refractivity contribution in [1.82, 2.24) is 9.97 Å². The van der Waals surface area contributed by atoms with Crippen molar-refractivity contribution >= 4 is 33.7 Å². The summed E-state index contributed by atoms with van der Waals surface area (Å²) in [6.45, 7) is 3.76. The molecule has 24 heavy (non-hydrogen) atoms. The molecule has 0 fully saturated rings. The van der Waals surface area contributed by atoms with Crippen molar-refractivity contribution in [3.05, 3.63) is 50.3 Å². The van der Waals surface area contributed by atoms with Crippen LogP contribution in [-0.4, -0.2) is 15.9 Å². The van der Waals surface area contributed by atoms with E-state index in [1.807, 2.05) is 19.2 Å². The number of hydrogen-bond donors (Lipinski definition) is 1. The summed E-state index contributed by atoms with van der Waals surface area (Å²) in [6, 6.07) is 6.57. The lowest BCUT2D eigenvalue weighted by Gasteiger charge is -2.02. The fourth-order valence-electron chi connectivity index (χ4n) is 3.09. The molecular formula is C18H17N3OS2. The molecule has 0 atom stereocenters. The Labute approximate surface area is 148 Å². The highest BCUT2D eigenvalue weighted by atomic mass is 32.1. The van der Waals surface area contributed by atoms with Gasteiger partial charge in [-0.1, -0.05) is 12.1 Å². The van der Waals surface area contributed by atoms with Crippen LogP contribution in [0.25, 0.3) is 11.3 Å². The summed E-state index contributed by atoms with van der Waals surface area (Å²) < 4.78 is 0. The van der Waals surface area contributed by atoms with Crippen LogP contribution in [-0.2, 0) is 12.8 Å². The molecule has 1 amide bonds. The Bertz CT molecular complexity index is 926. The van der Waals surface area contributed by atoms with E-state index in [0.717, 1.165) is 28.4 Å². The van der Waals surface area contributed by atoms with Gasteiger partial charge in [0.2, 0.25) is 0 Å². The largest absolute Gasteiger partial charge is 0.297 e. The van der Waals surface area contributed by atoms with Crippen molar-refractivity contribution < 1.29 is 4.79 Å². The maximum absolute atomic E-state index is 12.4. The van der Waals surface area contributed by atoms with Gasteiger partial charge in [-0.2, -0.15) is 0 Å². The molecule has 0 radical (unpaired) electrons. The summed E-state index contributed by atoms with van der Waals surface area (Å²) in [7, 11) is 0. The first-order valence-electron chi connectivity index (χ1n) is 7.93. The number of fused-ring (bicyclic) bond motifs is 1. The Morgan fingerprint density at radius 2 is 2.00 bits per heavy atom. The third kappa shape index (κ3) is 2.87. The van der Waals surface area contributed by atoms with E-state index < -0.39 is 0 Å². The Hall–Kier alpha value is -2.05. The third-order valence-corrected chi connectivity index (χ3v) is 6.06. The van der Waals surface area contributed by atoms with Gasteiger partial charge in [-0.25, -0.2) is 9.97 Å². The highest BCUT2D eigenvalue weighted by Gasteiger charge is 2.16. The molecule has 122 valence electrons. The first-order valence-corrected chi connectivity index (χ1v) is 9.63. The molecule has 1 aliphatic rings. The Balaban J connectivity index is 1.55. The second-order valence-corrected chi connectivity index (χ2v) is 8.04.